The molecular formula is C34H62NO8P. The second kappa shape index (κ2) is 31.2. The number of hydrogen-bond acceptors (Lipinski definition) is 7. The predicted octanol–water partition coefficient (Wildman–Crippen LogP) is 8.26. The van der Waals surface area contributed by atoms with Gasteiger partial charge in [0.05, 0.1) is 13.2 Å². The molecule has 2 unspecified atom stereocenters. The highest BCUT2D eigenvalue weighted by molar-refractivity contribution is 7.47. The molecule has 0 aromatic rings. The van der Waals surface area contributed by atoms with Crippen molar-refractivity contribution < 1.29 is 37.9 Å². The van der Waals surface area contributed by atoms with Gasteiger partial charge >= 0.3 is 13.8 Å². The second-order valence-electron chi connectivity index (χ2n) is 11.1. The van der Waals surface area contributed by atoms with Crippen LogP contribution in [-0.4, -0.2) is 54.3 Å². The average molecular weight is 644 g/mol. The summed E-state index contributed by atoms with van der Waals surface area (Å²) in [5.41, 5.74) is 0. The molecule has 10 heteroatoms. The Bertz CT molecular complexity index is 830. The first-order valence-electron chi connectivity index (χ1n) is 17.0. The van der Waals surface area contributed by atoms with Crippen molar-refractivity contribution in [2.24, 2.45) is 0 Å². The molecule has 0 radical (unpaired) electrons. The van der Waals surface area contributed by atoms with E-state index in [1.807, 2.05) is 0 Å². The van der Waals surface area contributed by atoms with Gasteiger partial charge in [-0.15, -0.1) is 0 Å². The van der Waals surface area contributed by atoms with Crippen LogP contribution in [-0.2, 0) is 27.9 Å². The smallest absolute Gasteiger partial charge is 0.463 e. The van der Waals surface area contributed by atoms with Crippen molar-refractivity contribution in [3.05, 3.63) is 36.5 Å². The van der Waals surface area contributed by atoms with Gasteiger partial charge in [-0.3, -0.25) is 18.6 Å². The summed E-state index contributed by atoms with van der Waals surface area (Å²) in [5.74, 6) is -0.547. The molecule has 0 rings (SSSR count). The van der Waals surface area contributed by atoms with Crippen molar-refractivity contribution in [3.8, 4) is 0 Å². The number of hydrogen-bond donors (Lipinski definition) is 3. The molecule has 3 N–H and O–H groups in total. The number of phosphoric ester groups is 1. The number of allylic oxidation sites excluding steroid dienone is 6. The van der Waals surface area contributed by atoms with Gasteiger partial charge in [-0.1, -0.05) is 102 Å². The largest absolute Gasteiger partial charge is 0.472 e. The number of esters is 1. The fourth-order valence-corrected chi connectivity index (χ4v) is 4.94. The predicted molar refractivity (Wildman–Crippen MR) is 178 cm³/mol. The zero-order valence-corrected chi connectivity index (χ0v) is 28.5. The molecule has 256 valence electrons. The SMILES string of the molecule is CCC/C=C\C/C=C\CCCCCCCC(=O)OCC(O)COP(=O)(O)OCCNC(=O)CCCCCCC/C=C\CCC. The molecule has 0 aliphatic heterocycles. The quantitative estimate of drug-likeness (QED) is 0.0298. The van der Waals surface area contributed by atoms with Gasteiger partial charge in [-0.25, -0.2) is 4.57 Å². The van der Waals surface area contributed by atoms with E-state index in [1.54, 1.807) is 0 Å². The molecular weight excluding hydrogens is 581 g/mol. The summed E-state index contributed by atoms with van der Waals surface area (Å²) >= 11 is 0. The van der Waals surface area contributed by atoms with Gasteiger partial charge in [-0.2, -0.15) is 0 Å². The van der Waals surface area contributed by atoms with Gasteiger partial charge in [0.25, 0.3) is 0 Å². The van der Waals surface area contributed by atoms with Crippen molar-refractivity contribution in [2.75, 3.05) is 26.4 Å². The Hall–Kier alpha value is -1.77. The van der Waals surface area contributed by atoms with Crippen molar-refractivity contribution >= 4 is 19.7 Å². The summed E-state index contributed by atoms with van der Waals surface area (Å²) in [6.45, 7) is 3.36. The number of carbonyl (C=O) groups is 2. The van der Waals surface area contributed by atoms with Crippen LogP contribution in [0.3, 0.4) is 0 Å². The number of aliphatic hydroxyl groups excluding tert-OH is 1. The highest BCUT2D eigenvalue weighted by atomic mass is 31.2. The van der Waals surface area contributed by atoms with Crippen LogP contribution < -0.4 is 5.32 Å². The average Bonchev–Trinajstić information content (AvgIpc) is 3.00. The van der Waals surface area contributed by atoms with Crippen LogP contribution in [0.15, 0.2) is 36.5 Å². The standard InChI is InChI=1S/C34H62NO8P/c1-3-5-7-9-11-13-15-16-17-19-21-23-25-27-34(38)41-30-32(36)31-43-44(39,40)42-29-28-35-33(37)26-24-22-20-18-14-12-10-8-6-4-2/h7-10,13,15,32,36H,3-6,11-12,14,16-31H2,1-2H3,(H,35,37)(H,39,40)/b9-7-,10-8-,15-13-. The lowest BCUT2D eigenvalue weighted by molar-refractivity contribution is -0.147. The third-order valence-electron chi connectivity index (χ3n) is 6.75. The number of phosphoric acid groups is 1. The van der Waals surface area contributed by atoms with E-state index in [0.717, 1.165) is 89.9 Å². The molecule has 0 bridgehead atoms. The van der Waals surface area contributed by atoms with Crippen LogP contribution in [0.1, 0.15) is 136 Å². The van der Waals surface area contributed by atoms with Gasteiger partial charge in [0.1, 0.15) is 12.7 Å². The van der Waals surface area contributed by atoms with E-state index >= 15 is 0 Å². The Labute approximate surface area is 267 Å². The normalized spacial score (nSPS) is 14.0. The fraction of sp³-hybridized carbons (Fsp3) is 0.765. The molecule has 0 heterocycles. The summed E-state index contributed by atoms with van der Waals surface area (Å²) in [7, 11) is -4.41. The third kappa shape index (κ3) is 31.6. The molecule has 0 aliphatic rings. The molecule has 0 spiro atoms. The van der Waals surface area contributed by atoms with E-state index in [1.165, 1.54) is 19.3 Å². The van der Waals surface area contributed by atoms with E-state index < -0.39 is 26.5 Å². The van der Waals surface area contributed by atoms with Crippen LogP contribution in [0.5, 0.6) is 0 Å². The van der Waals surface area contributed by atoms with E-state index in [2.05, 4.69) is 55.6 Å². The molecule has 0 aromatic carbocycles. The van der Waals surface area contributed by atoms with Crippen molar-refractivity contribution in [2.45, 2.75) is 142 Å². The van der Waals surface area contributed by atoms with Crippen molar-refractivity contribution in [1.82, 2.24) is 5.32 Å². The van der Waals surface area contributed by atoms with Gasteiger partial charge in [0.2, 0.25) is 5.91 Å². The zero-order chi connectivity index (χ0) is 32.6. The molecule has 0 fully saturated rings. The number of ether oxygens (including phenoxy) is 1. The molecule has 0 aliphatic carbocycles. The van der Waals surface area contributed by atoms with Crippen LogP contribution >= 0.6 is 7.82 Å². The molecule has 9 nitrogen and oxygen atoms in total. The van der Waals surface area contributed by atoms with Crippen LogP contribution in [0.2, 0.25) is 0 Å². The zero-order valence-electron chi connectivity index (χ0n) is 27.6. The summed E-state index contributed by atoms with van der Waals surface area (Å²) in [5, 5.41) is 12.6. The topological polar surface area (TPSA) is 131 Å². The minimum Gasteiger partial charge on any atom is -0.463 e. The molecule has 0 saturated carbocycles. The summed E-state index contributed by atoms with van der Waals surface area (Å²) in [6.07, 6.45) is 30.8. The van der Waals surface area contributed by atoms with E-state index in [4.69, 9.17) is 13.8 Å². The van der Waals surface area contributed by atoms with E-state index in [-0.39, 0.29) is 32.1 Å². The van der Waals surface area contributed by atoms with Crippen LogP contribution in [0.25, 0.3) is 0 Å². The Kier molecular flexibility index (Phi) is 30.0. The maximum Gasteiger partial charge on any atom is 0.472 e. The Morgan fingerprint density at radius 3 is 1.86 bits per heavy atom. The Balaban J connectivity index is 3.69. The number of carbonyl (C=O) groups excluding carboxylic acids is 2. The number of unbranched alkanes of at least 4 members (excludes halogenated alkanes) is 12. The summed E-state index contributed by atoms with van der Waals surface area (Å²) in [6, 6.07) is 0. The minimum atomic E-state index is -4.41. The van der Waals surface area contributed by atoms with E-state index in [0.29, 0.717) is 6.42 Å². The molecule has 1 amide bonds. The molecule has 44 heavy (non-hydrogen) atoms. The van der Waals surface area contributed by atoms with Gasteiger partial charge in [0, 0.05) is 19.4 Å². The fourth-order valence-electron chi connectivity index (χ4n) is 4.18. The van der Waals surface area contributed by atoms with Gasteiger partial charge < -0.3 is 20.1 Å². The van der Waals surface area contributed by atoms with Gasteiger partial charge in [-0.05, 0) is 57.8 Å². The number of amides is 1. The highest BCUT2D eigenvalue weighted by Crippen LogP contribution is 2.42. The van der Waals surface area contributed by atoms with Crippen LogP contribution in [0, 0.1) is 0 Å². The van der Waals surface area contributed by atoms with E-state index in [9.17, 15) is 24.2 Å². The highest BCUT2D eigenvalue weighted by Gasteiger charge is 2.23. The number of aliphatic hydroxyl groups is 1. The lowest BCUT2D eigenvalue weighted by Gasteiger charge is -2.15. The number of nitrogens with one attached hydrogen (secondary N) is 1. The first kappa shape index (κ1) is 42.2. The number of rotatable bonds is 31. The molecule has 2 atom stereocenters. The van der Waals surface area contributed by atoms with Crippen LogP contribution in [0.4, 0.5) is 0 Å². The third-order valence-corrected chi connectivity index (χ3v) is 7.74. The lowest BCUT2D eigenvalue weighted by Crippen LogP contribution is -2.27. The maximum atomic E-state index is 12.0. The van der Waals surface area contributed by atoms with Crippen molar-refractivity contribution in [1.29, 1.82) is 0 Å². The second-order valence-corrected chi connectivity index (χ2v) is 12.6. The summed E-state index contributed by atoms with van der Waals surface area (Å²) < 4.78 is 26.6. The minimum absolute atomic E-state index is 0.0745. The molecule has 0 saturated heterocycles. The Morgan fingerprint density at radius 2 is 1.23 bits per heavy atom. The first-order valence-corrected chi connectivity index (χ1v) is 18.5. The monoisotopic (exact) mass is 643 g/mol. The Morgan fingerprint density at radius 1 is 0.705 bits per heavy atom. The lowest BCUT2D eigenvalue weighted by atomic mass is 10.1. The molecule has 0 aromatic heterocycles. The first-order chi connectivity index (χ1) is 21.3. The maximum absolute atomic E-state index is 12.0. The van der Waals surface area contributed by atoms with Gasteiger partial charge in [0.15, 0.2) is 0 Å². The van der Waals surface area contributed by atoms with Crippen molar-refractivity contribution in [3.63, 3.8) is 0 Å². The summed E-state index contributed by atoms with van der Waals surface area (Å²) in [4.78, 5) is 33.6.